The van der Waals surface area contributed by atoms with E-state index in [0.29, 0.717) is 45.9 Å². The van der Waals surface area contributed by atoms with Crippen molar-refractivity contribution < 1.29 is 19.1 Å². The number of ether oxygens (including phenoxy) is 2. The quantitative estimate of drug-likeness (QED) is 0.360. The Morgan fingerprint density at radius 3 is 2.27 bits per heavy atom. The Morgan fingerprint density at radius 1 is 1.13 bits per heavy atom. The first-order chi connectivity index (χ1) is 7.27. The molecule has 0 aliphatic rings. The molecule has 0 atom stereocenters. The molecule has 0 bridgehead atoms. The van der Waals surface area contributed by atoms with Crippen LogP contribution in [0.2, 0.25) is 0 Å². The van der Waals surface area contributed by atoms with Crippen molar-refractivity contribution in [3.63, 3.8) is 0 Å². The number of nitrogens with one attached hydrogen (secondary N) is 2. The van der Waals surface area contributed by atoms with Crippen molar-refractivity contribution in [3.05, 3.63) is 0 Å². The maximum absolute atomic E-state index is 10.5. The van der Waals surface area contributed by atoms with E-state index in [0.717, 1.165) is 0 Å². The van der Waals surface area contributed by atoms with Crippen LogP contribution >= 0.6 is 0 Å². The molecule has 0 aromatic heterocycles. The average molecular weight is 218 g/mol. The van der Waals surface area contributed by atoms with Gasteiger partial charge >= 0.3 is 0 Å². The summed E-state index contributed by atoms with van der Waals surface area (Å²) in [6, 6.07) is 0. The van der Waals surface area contributed by atoms with E-state index in [1.54, 1.807) is 0 Å². The number of rotatable bonds is 10. The third-order valence-corrected chi connectivity index (χ3v) is 1.47. The van der Waals surface area contributed by atoms with E-state index >= 15 is 0 Å². The largest absolute Gasteiger partial charge is 0.377 e. The zero-order chi connectivity index (χ0) is 11.4. The van der Waals surface area contributed by atoms with Crippen LogP contribution in [0.5, 0.6) is 0 Å². The summed E-state index contributed by atoms with van der Waals surface area (Å²) in [5.41, 5.74) is 0. The van der Waals surface area contributed by atoms with Gasteiger partial charge in [0.25, 0.3) is 0 Å². The van der Waals surface area contributed by atoms with Gasteiger partial charge in [0.15, 0.2) is 0 Å². The zero-order valence-corrected chi connectivity index (χ0v) is 8.95. The fourth-order valence-corrected chi connectivity index (χ4v) is 0.811. The summed E-state index contributed by atoms with van der Waals surface area (Å²) in [5.74, 6) is -0.0604. The smallest absolute Gasteiger partial charge is 0.216 e. The first-order valence-electron chi connectivity index (χ1n) is 4.84. The molecule has 0 saturated carbocycles. The summed E-state index contributed by atoms with van der Waals surface area (Å²) >= 11 is 0. The van der Waals surface area contributed by atoms with Crippen molar-refractivity contribution in [2.24, 2.45) is 0 Å². The maximum atomic E-state index is 10.5. The molecule has 6 nitrogen and oxygen atoms in total. The number of hydrogen-bond acceptors (Lipinski definition) is 4. The summed E-state index contributed by atoms with van der Waals surface area (Å²) < 4.78 is 10.3. The van der Waals surface area contributed by atoms with Gasteiger partial charge in [-0.25, -0.2) is 0 Å². The minimum absolute atomic E-state index is 0.0604. The molecular formula is C9H18N2O4. The number of carbonyl (C=O) groups excluding carboxylic acids is 2. The van der Waals surface area contributed by atoms with Crippen molar-refractivity contribution in [1.82, 2.24) is 10.6 Å². The van der Waals surface area contributed by atoms with E-state index in [9.17, 15) is 9.59 Å². The van der Waals surface area contributed by atoms with Crippen LogP contribution in [0, 0.1) is 0 Å². The van der Waals surface area contributed by atoms with E-state index in [2.05, 4.69) is 10.6 Å². The third-order valence-electron chi connectivity index (χ3n) is 1.47. The highest BCUT2D eigenvalue weighted by molar-refractivity contribution is 5.72. The van der Waals surface area contributed by atoms with Crippen molar-refractivity contribution >= 4 is 12.3 Å². The molecule has 0 fully saturated rings. The molecule has 2 amide bonds. The van der Waals surface area contributed by atoms with Gasteiger partial charge in [0, 0.05) is 20.0 Å². The number of carbonyl (C=O) groups is 2. The Labute approximate surface area is 89.3 Å². The van der Waals surface area contributed by atoms with Crippen LogP contribution in [0.3, 0.4) is 0 Å². The molecule has 0 aliphatic heterocycles. The average Bonchev–Trinajstić information content (AvgIpc) is 2.20. The molecule has 0 heterocycles. The Bertz CT molecular complexity index is 175. The van der Waals surface area contributed by atoms with Crippen molar-refractivity contribution in [2.45, 2.75) is 6.92 Å². The van der Waals surface area contributed by atoms with E-state index in [1.807, 2.05) is 0 Å². The number of amides is 2. The minimum Gasteiger partial charge on any atom is -0.377 e. The molecule has 0 unspecified atom stereocenters. The number of hydrogen-bond donors (Lipinski definition) is 2. The predicted molar refractivity (Wildman–Crippen MR) is 54.4 cm³/mol. The highest BCUT2D eigenvalue weighted by Gasteiger charge is 1.91. The van der Waals surface area contributed by atoms with Gasteiger partial charge in [-0.05, 0) is 0 Å². The van der Waals surface area contributed by atoms with Crippen molar-refractivity contribution in [2.75, 3.05) is 39.5 Å². The van der Waals surface area contributed by atoms with Crippen LogP contribution in [0.15, 0.2) is 0 Å². The first kappa shape index (κ1) is 13.9. The molecule has 0 aromatic rings. The molecule has 0 saturated heterocycles. The fraction of sp³-hybridized carbons (Fsp3) is 0.778. The second-order valence-electron chi connectivity index (χ2n) is 2.78. The highest BCUT2D eigenvalue weighted by Crippen LogP contribution is 1.77. The standard InChI is InChI=1S/C9H18N2O4/c1-9(13)11-3-5-15-7-6-14-4-2-10-8-12/h8H,2-7H2,1H3,(H,10,12)(H,11,13). The third kappa shape index (κ3) is 12.9. The molecule has 0 aliphatic carbocycles. The van der Waals surface area contributed by atoms with Crippen LogP contribution in [0.25, 0.3) is 0 Å². The summed E-state index contributed by atoms with van der Waals surface area (Å²) in [6.45, 7) is 4.42. The van der Waals surface area contributed by atoms with Gasteiger partial charge in [-0.2, -0.15) is 0 Å². The summed E-state index contributed by atoms with van der Waals surface area (Å²) in [7, 11) is 0. The fourth-order valence-electron chi connectivity index (χ4n) is 0.811. The van der Waals surface area contributed by atoms with Gasteiger partial charge in [-0.15, -0.1) is 0 Å². The van der Waals surface area contributed by atoms with Gasteiger partial charge < -0.3 is 20.1 Å². The van der Waals surface area contributed by atoms with E-state index in [4.69, 9.17) is 9.47 Å². The monoisotopic (exact) mass is 218 g/mol. The predicted octanol–water partition coefficient (Wildman–Crippen LogP) is -1.10. The Balaban J connectivity index is 2.92. The van der Waals surface area contributed by atoms with Crippen LogP contribution < -0.4 is 10.6 Å². The summed E-state index contributed by atoms with van der Waals surface area (Å²) in [5, 5.41) is 5.09. The molecule has 6 heteroatoms. The molecule has 0 spiro atoms. The molecule has 2 N–H and O–H groups in total. The Kier molecular flexibility index (Phi) is 10.1. The van der Waals surface area contributed by atoms with E-state index in [1.165, 1.54) is 6.92 Å². The highest BCUT2D eigenvalue weighted by atomic mass is 16.5. The second kappa shape index (κ2) is 10.9. The van der Waals surface area contributed by atoms with Crippen molar-refractivity contribution in [3.8, 4) is 0 Å². The second-order valence-corrected chi connectivity index (χ2v) is 2.78. The van der Waals surface area contributed by atoms with Crippen LogP contribution in [-0.4, -0.2) is 51.8 Å². The summed E-state index contributed by atoms with van der Waals surface area (Å²) in [4.78, 5) is 20.3. The van der Waals surface area contributed by atoms with Gasteiger partial charge in [-0.1, -0.05) is 0 Å². The molecule has 0 rings (SSSR count). The van der Waals surface area contributed by atoms with Gasteiger partial charge in [-0.3, -0.25) is 9.59 Å². The van der Waals surface area contributed by atoms with Crippen LogP contribution in [0.4, 0.5) is 0 Å². The molecular weight excluding hydrogens is 200 g/mol. The lowest BCUT2D eigenvalue weighted by Gasteiger charge is -2.05. The minimum atomic E-state index is -0.0604. The normalized spacial score (nSPS) is 9.67. The van der Waals surface area contributed by atoms with Gasteiger partial charge in [0.2, 0.25) is 12.3 Å². The summed E-state index contributed by atoms with van der Waals surface area (Å²) in [6.07, 6.45) is 0.632. The Morgan fingerprint density at radius 2 is 1.73 bits per heavy atom. The van der Waals surface area contributed by atoms with E-state index in [-0.39, 0.29) is 5.91 Å². The zero-order valence-electron chi connectivity index (χ0n) is 8.95. The SMILES string of the molecule is CC(=O)NCCOCCOCCNC=O. The molecule has 88 valence electrons. The van der Waals surface area contributed by atoms with Gasteiger partial charge in [0.05, 0.1) is 26.4 Å². The molecule has 15 heavy (non-hydrogen) atoms. The lowest BCUT2D eigenvalue weighted by molar-refractivity contribution is -0.119. The van der Waals surface area contributed by atoms with Gasteiger partial charge in [0.1, 0.15) is 0 Å². The lowest BCUT2D eigenvalue weighted by atomic mass is 10.6. The molecule has 0 radical (unpaired) electrons. The Hall–Kier alpha value is -1.14. The van der Waals surface area contributed by atoms with Crippen molar-refractivity contribution in [1.29, 1.82) is 0 Å². The van der Waals surface area contributed by atoms with Crippen LogP contribution in [0.1, 0.15) is 6.92 Å². The lowest BCUT2D eigenvalue weighted by Crippen LogP contribution is -2.25. The van der Waals surface area contributed by atoms with E-state index < -0.39 is 0 Å². The topological polar surface area (TPSA) is 76.7 Å². The van der Waals surface area contributed by atoms with Crippen LogP contribution in [-0.2, 0) is 19.1 Å². The first-order valence-corrected chi connectivity index (χ1v) is 4.84. The maximum Gasteiger partial charge on any atom is 0.216 e. The molecule has 0 aromatic carbocycles.